The summed E-state index contributed by atoms with van der Waals surface area (Å²) in [5.74, 6) is -2.11. The number of nitrogens with zero attached hydrogens (tertiary/aromatic N) is 1. The second kappa shape index (κ2) is 5.57. The van der Waals surface area contributed by atoms with Crippen LogP contribution in [-0.2, 0) is 10.0 Å². The highest BCUT2D eigenvalue weighted by Gasteiger charge is 2.20. The maximum absolute atomic E-state index is 13.6. The van der Waals surface area contributed by atoms with Crippen LogP contribution in [0.4, 0.5) is 13.2 Å². The first-order valence-electron chi connectivity index (χ1n) is 4.99. The Morgan fingerprint density at radius 3 is 2.42 bits per heavy atom. The molecule has 0 aromatic heterocycles. The first kappa shape index (κ1) is 15.4. The van der Waals surface area contributed by atoms with E-state index < -0.39 is 45.2 Å². The highest BCUT2D eigenvalue weighted by molar-refractivity contribution is 7.89. The van der Waals surface area contributed by atoms with Crippen LogP contribution >= 0.6 is 0 Å². The van der Waals surface area contributed by atoms with Gasteiger partial charge in [-0.25, -0.2) is 26.7 Å². The van der Waals surface area contributed by atoms with E-state index >= 15 is 0 Å². The molecule has 1 amide bonds. The van der Waals surface area contributed by atoms with Gasteiger partial charge in [-0.05, 0) is 18.2 Å². The second-order valence-corrected chi connectivity index (χ2v) is 5.32. The molecule has 0 unspecified atom stereocenters. The normalized spacial score (nSPS) is 11.7. The minimum Gasteiger partial charge on any atom is -0.336 e. The fourth-order valence-corrected chi connectivity index (χ4v) is 1.87. The number of carbonyl (C=O) groups is 1. The Balaban J connectivity index is 3.07. The molecule has 0 heterocycles. The molecule has 0 spiro atoms. The van der Waals surface area contributed by atoms with Crippen LogP contribution in [0, 0.1) is 5.82 Å². The Bertz CT molecular complexity index is 590. The van der Waals surface area contributed by atoms with Gasteiger partial charge in [-0.15, -0.1) is 0 Å². The number of carbonyl (C=O) groups excluding carboxylic acids is 1. The summed E-state index contributed by atoms with van der Waals surface area (Å²) in [6, 6.07) is 2.39. The maximum Gasteiger partial charge on any atom is 0.256 e. The molecule has 106 valence electrons. The molecule has 0 radical (unpaired) electrons. The summed E-state index contributed by atoms with van der Waals surface area (Å²) in [4.78, 5) is 11.8. The van der Waals surface area contributed by atoms with Gasteiger partial charge < -0.3 is 4.90 Å². The summed E-state index contributed by atoms with van der Waals surface area (Å²) in [6.45, 7) is -0.852. The number of hydrogen-bond acceptors (Lipinski definition) is 3. The molecule has 9 heteroatoms. The number of rotatable bonds is 4. The van der Waals surface area contributed by atoms with Crippen molar-refractivity contribution in [2.75, 3.05) is 13.6 Å². The van der Waals surface area contributed by atoms with Crippen LogP contribution in [0.3, 0.4) is 0 Å². The van der Waals surface area contributed by atoms with Crippen molar-refractivity contribution in [2.45, 2.75) is 11.3 Å². The lowest BCUT2D eigenvalue weighted by atomic mass is 10.2. The molecule has 5 nitrogen and oxygen atoms in total. The number of alkyl halides is 2. The molecular formula is C10H11F3N2O3S. The van der Waals surface area contributed by atoms with Crippen LogP contribution in [0.1, 0.15) is 10.4 Å². The number of halogens is 3. The average Bonchev–Trinajstić information content (AvgIpc) is 2.25. The zero-order valence-corrected chi connectivity index (χ0v) is 10.6. The molecular weight excluding hydrogens is 285 g/mol. The van der Waals surface area contributed by atoms with Crippen LogP contribution in [0.2, 0.25) is 0 Å². The van der Waals surface area contributed by atoms with Crippen LogP contribution in [0.25, 0.3) is 0 Å². The van der Waals surface area contributed by atoms with Gasteiger partial charge in [0.25, 0.3) is 12.3 Å². The fraction of sp³-hybridized carbons (Fsp3) is 0.300. The van der Waals surface area contributed by atoms with Crippen molar-refractivity contribution in [1.29, 1.82) is 0 Å². The van der Waals surface area contributed by atoms with E-state index in [1.165, 1.54) is 0 Å². The Hall–Kier alpha value is -1.61. The minimum absolute atomic E-state index is 0.502. The third kappa shape index (κ3) is 3.93. The Kier molecular flexibility index (Phi) is 4.53. The van der Waals surface area contributed by atoms with Gasteiger partial charge in [0.15, 0.2) is 0 Å². The maximum atomic E-state index is 13.6. The molecule has 0 atom stereocenters. The molecule has 0 saturated heterocycles. The topological polar surface area (TPSA) is 80.5 Å². The summed E-state index contributed by atoms with van der Waals surface area (Å²) in [5, 5.41) is 4.79. The summed E-state index contributed by atoms with van der Waals surface area (Å²) in [6.07, 6.45) is -2.75. The molecule has 1 aromatic rings. The summed E-state index contributed by atoms with van der Waals surface area (Å²) < 4.78 is 59.7. The van der Waals surface area contributed by atoms with Gasteiger partial charge in [0, 0.05) is 7.05 Å². The molecule has 0 aliphatic rings. The predicted molar refractivity (Wildman–Crippen MR) is 60.7 cm³/mol. The minimum atomic E-state index is -4.09. The molecule has 19 heavy (non-hydrogen) atoms. The average molecular weight is 296 g/mol. The van der Waals surface area contributed by atoms with Crippen LogP contribution in [0.15, 0.2) is 23.1 Å². The molecule has 0 aliphatic carbocycles. The Morgan fingerprint density at radius 2 is 2.00 bits per heavy atom. The van der Waals surface area contributed by atoms with Crippen LogP contribution in [0.5, 0.6) is 0 Å². The number of benzene rings is 1. The quantitative estimate of drug-likeness (QED) is 0.893. The Morgan fingerprint density at radius 1 is 1.42 bits per heavy atom. The molecule has 0 fully saturated rings. The smallest absolute Gasteiger partial charge is 0.256 e. The van der Waals surface area contributed by atoms with Crippen LogP contribution in [-0.4, -0.2) is 39.2 Å². The summed E-state index contributed by atoms with van der Waals surface area (Å²) in [7, 11) is -3.01. The molecule has 1 aromatic carbocycles. The van der Waals surface area contributed by atoms with Gasteiger partial charge in [0.1, 0.15) is 5.82 Å². The van der Waals surface area contributed by atoms with Gasteiger partial charge in [0.2, 0.25) is 10.0 Å². The van der Waals surface area contributed by atoms with Gasteiger partial charge >= 0.3 is 0 Å². The van der Waals surface area contributed by atoms with Gasteiger partial charge in [-0.3, -0.25) is 4.79 Å². The summed E-state index contributed by atoms with van der Waals surface area (Å²) >= 11 is 0. The van der Waals surface area contributed by atoms with E-state index in [2.05, 4.69) is 0 Å². The van der Waals surface area contributed by atoms with Crippen molar-refractivity contribution in [3.05, 3.63) is 29.6 Å². The number of nitrogens with two attached hydrogens (primary N) is 1. The third-order valence-corrected chi connectivity index (χ3v) is 3.17. The number of hydrogen-bond donors (Lipinski definition) is 1. The van der Waals surface area contributed by atoms with Gasteiger partial charge in [0.05, 0.1) is 17.0 Å². The molecule has 0 aliphatic heterocycles. The monoisotopic (exact) mass is 296 g/mol. The van der Waals surface area contributed by atoms with E-state index in [1.807, 2.05) is 0 Å². The van der Waals surface area contributed by atoms with Gasteiger partial charge in [-0.1, -0.05) is 0 Å². The van der Waals surface area contributed by atoms with E-state index in [-0.39, 0.29) is 0 Å². The second-order valence-electron chi connectivity index (χ2n) is 3.76. The lowest BCUT2D eigenvalue weighted by molar-refractivity contribution is 0.0616. The molecule has 2 N–H and O–H groups in total. The van der Waals surface area contributed by atoms with E-state index in [1.54, 1.807) is 0 Å². The van der Waals surface area contributed by atoms with Crippen molar-refractivity contribution < 1.29 is 26.4 Å². The first-order chi connectivity index (χ1) is 8.62. The van der Waals surface area contributed by atoms with E-state index in [9.17, 15) is 26.4 Å². The largest absolute Gasteiger partial charge is 0.336 e. The fourth-order valence-electron chi connectivity index (χ4n) is 1.34. The number of amides is 1. The molecule has 0 saturated carbocycles. The summed E-state index contributed by atoms with van der Waals surface area (Å²) in [5.41, 5.74) is -0.504. The number of sulfonamides is 1. The zero-order chi connectivity index (χ0) is 14.8. The first-order valence-corrected chi connectivity index (χ1v) is 6.53. The van der Waals surface area contributed by atoms with Crippen molar-refractivity contribution in [2.24, 2.45) is 5.14 Å². The van der Waals surface area contributed by atoms with Crippen molar-refractivity contribution in [3.63, 3.8) is 0 Å². The van der Waals surface area contributed by atoms with E-state index in [4.69, 9.17) is 5.14 Å². The number of primary sulfonamides is 1. The van der Waals surface area contributed by atoms with E-state index in [0.717, 1.165) is 19.2 Å². The van der Waals surface area contributed by atoms with Crippen molar-refractivity contribution in [1.82, 2.24) is 4.90 Å². The SMILES string of the molecule is CN(CC(F)F)C(=O)c1ccc(S(N)(=O)=O)cc1F. The van der Waals surface area contributed by atoms with E-state index in [0.29, 0.717) is 11.0 Å². The van der Waals surface area contributed by atoms with Crippen molar-refractivity contribution >= 4 is 15.9 Å². The highest BCUT2D eigenvalue weighted by atomic mass is 32.2. The lowest BCUT2D eigenvalue weighted by Crippen LogP contribution is -2.32. The van der Waals surface area contributed by atoms with Gasteiger partial charge in [-0.2, -0.15) is 0 Å². The Labute approximate surface area is 107 Å². The molecule has 1 rings (SSSR count). The third-order valence-electron chi connectivity index (χ3n) is 2.26. The highest BCUT2D eigenvalue weighted by Crippen LogP contribution is 2.15. The zero-order valence-electron chi connectivity index (χ0n) is 9.81. The predicted octanol–water partition coefficient (Wildman–Crippen LogP) is 0.810. The van der Waals surface area contributed by atoms with Crippen molar-refractivity contribution in [3.8, 4) is 0 Å². The standard InChI is InChI=1S/C10H11F3N2O3S/c1-15(5-9(12)13)10(16)7-3-2-6(4-8(7)11)19(14,17)18/h2-4,9H,5H2,1H3,(H2,14,17,18). The lowest BCUT2D eigenvalue weighted by Gasteiger charge is -2.17. The molecule has 0 bridgehead atoms. The van der Waals surface area contributed by atoms with Crippen LogP contribution < -0.4 is 5.14 Å².